The lowest BCUT2D eigenvalue weighted by Gasteiger charge is -2.46. The average Bonchev–Trinajstić information content (AvgIpc) is 2.47. The molecule has 100 valence electrons. The fourth-order valence-electron chi connectivity index (χ4n) is 2.87. The number of aromatic nitrogens is 2. The van der Waals surface area contributed by atoms with Crippen molar-refractivity contribution in [3.63, 3.8) is 0 Å². The van der Waals surface area contributed by atoms with E-state index in [9.17, 15) is 0 Å². The molecule has 6 heteroatoms. The summed E-state index contributed by atoms with van der Waals surface area (Å²) in [5, 5.41) is 9.12. The van der Waals surface area contributed by atoms with Gasteiger partial charge in [-0.15, -0.1) is 0 Å². The minimum atomic E-state index is 0.303. The molecule has 3 rings (SSSR count). The van der Waals surface area contributed by atoms with E-state index in [2.05, 4.69) is 32.9 Å². The molecule has 0 N–H and O–H groups in total. The molecule has 6 nitrogen and oxygen atoms in total. The van der Waals surface area contributed by atoms with Crippen LogP contribution in [-0.4, -0.2) is 60.3 Å². The first-order valence-corrected chi connectivity index (χ1v) is 6.57. The molecular formula is C13H17N5O. The number of hydrogen-bond donors (Lipinski definition) is 0. The molecule has 0 saturated carbocycles. The van der Waals surface area contributed by atoms with Crippen molar-refractivity contribution in [1.82, 2.24) is 14.9 Å². The Bertz CT molecular complexity index is 500. The maximum Gasteiger partial charge on any atom is 0.183 e. The van der Waals surface area contributed by atoms with Gasteiger partial charge in [0.05, 0.1) is 18.8 Å². The predicted molar refractivity (Wildman–Crippen MR) is 69.7 cm³/mol. The van der Waals surface area contributed by atoms with Crippen LogP contribution in [0.15, 0.2) is 12.4 Å². The number of likely N-dealkylation sites (N-methyl/N-ethyl adjacent to an activating group) is 1. The fraction of sp³-hybridized carbons (Fsp3) is 0.615. The molecule has 0 aliphatic carbocycles. The summed E-state index contributed by atoms with van der Waals surface area (Å²) in [6.07, 6.45) is 4.47. The second-order valence-corrected chi connectivity index (χ2v) is 5.03. The lowest BCUT2D eigenvalue weighted by molar-refractivity contribution is -0.0687. The number of ether oxygens (including phenoxy) is 1. The molecule has 0 unspecified atom stereocenters. The summed E-state index contributed by atoms with van der Waals surface area (Å²) in [6.45, 7) is 3.48. The zero-order valence-corrected chi connectivity index (χ0v) is 11.0. The number of piperidine rings is 1. The van der Waals surface area contributed by atoms with Crippen LogP contribution in [0.3, 0.4) is 0 Å². The molecule has 0 bridgehead atoms. The highest BCUT2D eigenvalue weighted by Gasteiger charge is 2.36. The van der Waals surface area contributed by atoms with Crippen molar-refractivity contribution >= 4 is 5.82 Å². The number of hydrogen-bond acceptors (Lipinski definition) is 6. The molecule has 1 aromatic heterocycles. The van der Waals surface area contributed by atoms with Crippen molar-refractivity contribution in [2.24, 2.45) is 0 Å². The highest BCUT2D eigenvalue weighted by Crippen LogP contribution is 2.25. The average molecular weight is 259 g/mol. The van der Waals surface area contributed by atoms with Gasteiger partial charge in [0.2, 0.25) is 0 Å². The van der Waals surface area contributed by atoms with E-state index in [-0.39, 0.29) is 0 Å². The van der Waals surface area contributed by atoms with Crippen molar-refractivity contribution in [1.29, 1.82) is 5.26 Å². The van der Waals surface area contributed by atoms with Gasteiger partial charge in [0.1, 0.15) is 6.07 Å². The van der Waals surface area contributed by atoms with Gasteiger partial charge in [-0.05, 0) is 13.5 Å². The number of rotatable bonds is 1. The van der Waals surface area contributed by atoms with E-state index in [1.54, 1.807) is 12.4 Å². The maximum absolute atomic E-state index is 9.12. The van der Waals surface area contributed by atoms with Gasteiger partial charge in [-0.2, -0.15) is 5.26 Å². The van der Waals surface area contributed by atoms with Crippen LogP contribution in [0.4, 0.5) is 5.82 Å². The molecule has 0 aromatic carbocycles. The fourth-order valence-corrected chi connectivity index (χ4v) is 2.87. The number of morpholine rings is 1. The van der Waals surface area contributed by atoms with Gasteiger partial charge in [-0.1, -0.05) is 0 Å². The molecule has 2 saturated heterocycles. The second kappa shape index (κ2) is 5.11. The lowest BCUT2D eigenvalue weighted by atomic mass is 9.99. The van der Waals surface area contributed by atoms with E-state index in [4.69, 9.17) is 10.00 Å². The molecule has 0 amide bonds. The molecule has 2 fully saturated rings. The Balaban J connectivity index is 1.82. The topological polar surface area (TPSA) is 65.3 Å². The molecule has 3 heterocycles. The standard InChI is InChI=1S/C13H17N5O/c1-17-6-7-19-12-2-5-18(9-11(12)17)13-10(8-14)15-3-4-16-13/h3-4,11-12H,2,5-7,9H2,1H3/t11-,12+/m1/s1. The smallest absolute Gasteiger partial charge is 0.183 e. The minimum absolute atomic E-state index is 0.303. The number of fused-ring (bicyclic) bond motifs is 1. The van der Waals surface area contributed by atoms with E-state index < -0.39 is 0 Å². The molecule has 0 radical (unpaired) electrons. The highest BCUT2D eigenvalue weighted by atomic mass is 16.5. The molecule has 2 atom stereocenters. The predicted octanol–water partition coefficient (Wildman–Crippen LogP) is 0.258. The van der Waals surface area contributed by atoms with Gasteiger partial charge in [0, 0.05) is 32.0 Å². The third kappa shape index (κ3) is 2.27. The summed E-state index contributed by atoms with van der Waals surface area (Å²) < 4.78 is 5.82. The van der Waals surface area contributed by atoms with Crippen LogP contribution < -0.4 is 4.90 Å². The molecule has 1 aromatic rings. The van der Waals surface area contributed by atoms with E-state index in [1.165, 1.54) is 0 Å². The van der Waals surface area contributed by atoms with E-state index in [0.29, 0.717) is 23.7 Å². The Morgan fingerprint density at radius 1 is 1.37 bits per heavy atom. The van der Waals surface area contributed by atoms with Crippen LogP contribution in [0.5, 0.6) is 0 Å². The highest BCUT2D eigenvalue weighted by molar-refractivity contribution is 5.50. The van der Waals surface area contributed by atoms with Crippen molar-refractivity contribution in [3.05, 3.63) is 18.1 Å². The Hall–Kier alpha value is -1.71. The van der Waals surface area contributed by atoms with Gasteiger partial charge in [0.15, 0.2) is 11.5 Å². The second-order valence-electron chi connectivity index (χ2n) is 5.03. The quantitative estimate of drug-likeness (QED) is 0.720. The minimum Gasteiger partial charge on any atom is -0.375 e. The van der Waals surface area contributed by atoms with Gasteiger partial charge in [-0.25, -0.2) is 9.97 Å². The molecular weight excluding hydrogens is 242 g/mol. The molecule has 2 aliphatic rings. The zero-order chi connectivity index (χ0) is 13.2. The van der Waals surface area contributed by atoms with Crippen molar-refractivity contribution in [3.8, 4) is 6.07 Å². The molecule has 0 spiro atoms. The van der Waals surface area contributed by atoms with Gasteiger partial charge in [0.25, 0.3) is 0 Å². The van der Waals surface area contributed by atoms with E-state index >= 15 is 0 Å². The Morgan fingerprint density at radius 2 is 2.21 bits per heavy atom. The first-order valence-electron chi connectivity index (χ1n) is 6.57. The van der Waals surface area contributed by atoms with Crippen LogP contribution in [0.1, 0.15) is 12.1 Å². The maximum atomic E-state index is 9.12. The van der Waals surface area contributed by atoms with Crippen LogP contribution in [0.2, 0.25) is 0 Å². The Morgan fingerprint density at radius 3 is 3.05 bits per heavy atom. The number of nitriles is 1. The SMILES string of the molecule is CN1CCO[C@H]2CCN(c3nccnc3C#N)C[C@H]21. The number of nitrogens with zero attached hydrogens (tertiary/aromatic N) is 5. The zero-order valence-electron chi connectivity index (χ0n) is 11.0. The van der Waals surface area contributed by atoms with Crippen molar-refractivity contribution in [2.45, 2.75) is 18.6 Å². The van der Waals surface area contributed by atoms with Gasteiger partial charge >= 0.3 is 0 Å². The summed E-state index contributed by atoms with van der Waals surface area (Å²) in [6, 6.07) is 2.49. The van der Waals surface area contributed by atoms with Crippen LogP contribution in [0, 0.1) is 11.3 Å². The van der Waals surface area contributed by atoms with Crippen LogP contribution in [-0.2, 0) is 4.74 Å². The van der Waals surface area contributed by atoms with Crippen LogP contribution >= 0.6 is 0 Å². The number of anilines is 1. The van der Waals surface area contributed by atoms with Crippen molar-refractivity contribution < 1.29 is 4.74 Å². The summed E-state index contributed by atoms with van der Waals surface area (Å²) in [5.41, 5.74) is 0.403. The van der Waals surface area contributed by atoms with Gasteiger partial charge < -0.3 is 9.64 Å². The first-order chi connectivity index (χ1) is 9.29. The summed E-state index contributed by atoms with van der Waals surface area (Å²) in [4.78, 5) is 12.9. The molecule has 19 heavy (non-hydrogen) atoms. The third-order valence-electron chi connectivity index (χ3n) is 3.95. The first kappa shape index (κ1) is 12.3. The third-order valence-corrected chi connectivity index (χ3v) is 3.95. The Labute approximate surface area is 112 Å². The summed E-state index contributed by atoms with van der Waals surface area (Å²) >= 11 is 0. The Kier molecular flexibility index (Phi) is 3.32. The van der Waals surface area contributed by atoms with Crippen LogP contribution in [0.25, 0.3) is 0 Å². The van der Waals surface area contributed by atoms with E-state index in [1.807, 2.05) is 0 Å². The van der Waals surface area contributed by atoms with Gasteiger partial charge in [-0.3, -0.25) is 4.90 Å². The lowest BCUT2D eigenvalue weighted by Crippen LogP contribution is -2.59. The molecule has 2 aliphatic heterocycles. The summed E-state index contributed by atoms with van der Waals surface area (Å²) in [5.74, 6) is 0.697. The van der Waals surface area contributed by atoms with E-state index in [0.717, 1.165) is 32.7 Å². The normalized spacial score (nSPS) is 27.7. The summed E-state index contributed by atoms with van der Waals surface area (Å²) in [7, 11) is 2.13. The van der Waals surface area contributed by atoms with Crippen molar-refractivity contribution in [2.75, 3.05) is 38.2 Å². The largest absolute Gasteiger partial charge is 0.375 e. The monoisotopic (exact) mass is 259 g/mol.